The molecular weight excluding hydrogens is 547 g/mol. The van der Waals surface area contributed by atoms with Gasteiger partial charge in [-0.2, -0.15) is 0 Å². The molecule has 2 atom stereocenters. The molecule has 0 aromatic heterocycles. The van der Waals surface area contributed by atoms with Gasteiger partial charge in [0, 0.05) is 42.4 Å². The monoisotopic (exact) mass is 582 g/mol. The Bertz CT molecular complexity index is 1360. The third-order valence-corrected chi connectivity index (χ3v) is 8.01. The van der Waals surface area contributed by atoms with E-state index in [4.69, 9.17) is 30.5 Å². The zero-order chi connectivity index (χ0) is 28.9. The maximum absolute atomic E-state index is 15.2. The van der Waals surface area contributed by atoms with Crippen molar-refractivity contribution in [3.05, 3.63) is 81.6 Å². The molecule has 1 N–H and O–H groups in total. The standard InChI is InChI=1S/C32H36ClFN2O5/c1-4-20-12-24(33)13-21(5-2)32(20)35-31(37)18-36-17-23(26-15-29-30(16-27(26)34)41-19-40-29)14-28(36)22-6-8-25(9-7-22)39-11-10-38-3/h6-9,12-13,15-16,23,28H,4-5,10-11,14,17-19H2,1-3H3,(H,35,37)/t23-,28-/m1/s1. The van der Waals surface area contributed by atoms with E-state index >= 15 is 4.39 Å². The molecule has 218 valence electrons. The van der Waals surface area contributed by atoms with Crippen molar-refractivity contribution >= 4 is 23.2 Å². The number of hydrogen-bond acceptors (Lipinski definition) is 6. The number of carbonyl (C=O) groups is 1. The fraction of sp³-hybridized carbons (Fsp3) is 0.406. The van der Waals surface area contributed by atoms with Crippen molar-refractivity contribution in [3.63, 3.8) is 0 Å². The molecule has 0 spiro atoms. The summed E-state index contributed by atoms with van der Waals surface area (Å²) >= 11 is 6.33. The van der Waals surface area contributed by atoms with Gasteiger partial charge >= 0.3 is 0 Å². The number of likely N-dealkylation sites (tertiary alicyclic amines) is 1. The molecule has 0 aliphatic carbocycles. The van der Waals surface area contributed by atoms with Crippen molar-refractivity contribution in [2.45, 2.75) is 45.1 Å². The maximum atomic E-state index is 15.2. The minimum atomic E-state index is -0.326. The van der Waals surface area contributed by atoms with Crippen LogP contribution >= 0.6 is 11.6 Å². The van der Waals surface area contributed by atoms with Gasteiger partial charge in [-0.1, -0.05) is 37.6 Å². The fourth-order valence-electron chi connectivity index (χ4n) is 5.73. The van der Waals surface area contributed by atoms with E-state index in [0.717, 1.165) is 41.0 Å². The van der Waals surface area contributed by atoms with Gasteiger partial charge in [-0.3, -0.25) is 9.69 Å². The highest BCUT2D eigenvalue weighted by Crippen LogP contribution is 2.44. The molecule has 0 bridgehead atoms. The van der Waals surface area contributed by atoms with Gasteiger partial charge in [0.25, 0.3) is 0 Å². The van der Waals surface area contributed by atoms with Crippen LogP contribution in [0.25, 0.3) is 0 Å². The summed E-state index contributed by atoms with van der Waals surface area (Å²) in [6.07, 6.45) is 2.15. The Balaban J connectivity index is 1.39. The predicted molar refractivity (Wildman–Crippen MR) is 157 cm³/mol. The van der Waals surface area contributed by atoms with Gasteiger partial charge in [0.15, 0.2) is 11.5 Å². The molecule has 9 heteroatoms. The quantitative estimate of drug-likeness (QED) is 0.259. The first-order valence-corrected chi connectivity index (χ1v) is 14.4. The van der Waals surface area contributed by atoms with Crippen LogP contribution in [0.3, 0.4) is 0 Å². The molecule has 1 amide bonds. The average Bonchev–Trinajstić information content (AvgIpc) is 3.60. The first kappa shape index (κ1) is 29.2. The van der Waals surface area contributed by atoms with E-state index in [1.54, 1.807) is 13.2 Å². The first-order chi connectivity index (χ1) is 19.9. The number of amides is 1. The van der Waals surface area contributed by atoms with E-state index < -0.39 is 0 Å². The summed E-state index contributed by atoms with van der Waals surface area (Å²) in [6, 6.07) is 14.7. The number of hydrogen-bond donors (Lipinski definition) is 1. The Labute approximate surface area is 245 Å². The summed E-state index contributed by atoms with van der Waals surface area (Å²) in [6.45, 7) is 5.82. The van der Waals surface area contributed by atoms with Gasteiger partial charge < -0.3 is 24.3 Å². The zero-order valence-corrected chi connectivity index (χ0v) is 24.4. The number of rotatable bonds is 11. The molecule has 3 aromatic carbocycles. The summed E-state index contributed by atoms with van der Waals surface area (Å²) in [7, 11) is 1.63. The summed E-state index contributed by atoms with van der Waals surface area (Å²) in [5, 5.41) is 3.83. The topological polar surface area (TPSA) is 69.3 Å². The number of carbonyl (C=O) groups excluding carboxylic acids is 1. The predicted octanol–water partition coefficient (Wildman–Crippen LogP) is 6.53. The minimum Gasteiger partial charge on any atom is -0.491 e. The second kappa shape index (κ2) is 13.1. The average molecular weight is 583 g/mol. The normalized spacial score (nSPS) is 18.1. The third kappa shape index (κ3) is 6.61. The molecule has 2 aliphatic rings. The number of benzene rings is 3. The van der Waals surface area contributed by atoms with Crippen LogP contribution in [0.5, 0.6) is 17.2 Å². The molecule has 1 saturated heterocycles. The highest BCUT2D eigenvalue weighted by atomic mass is 35.5. The fourth-order valence-corrected chi connectivity index (χ4v) is 6.00. The minimum absolute atomic E-state index is 0.0841. The van der Waals surface area contributed by atoms with Gasteiger partial charge in [0.1, 0.15) is 18.2 Å². The number of nitrogens with zero attached hydrogens (tertiary/aromatic N) is 1. The van der Waals surface area contributed by atoms with Crippen LogP contribution in [0.4, 0.5) is 10.1 Å². The van der Waals surface area contributed by atoms with Crippen molar-refractivity contribution in [1.29, 1.82) is 0 Å². The van der Waals surface area contributed by atoms with Crippen LogP contribution in [0.15, 0.2) is 48.5 Å². The third-order valence-electron chi connectivity index (χ3n) is 7.80. The van der Waals surface area contributed by atoms with E-state index in [1.165, 1.54) is 6.07 Å². The zero-order valence-electron chi connectivity index (χ0n) is 23.7. The molecule has 7 nitrogen and oxygen atoms in total. The second-order valence-electron chi connectivity index (χ2n) is 10.4. The first-order valence-electron chi connectivity index (χ1n) is 14.1. The molecule has 2 aliphatic heterocycles. The summed E-state index contributed by atoms with van der Waals surface area (Å²) < 4.78 is 36.9. The van der Waals surface area contributed by atoms with Crippen LogP contribution in [-0.4, -0.2) is 51.0 Å². The molecule has 0 unspecified atom stereocenters. The Morgan fingerprint density at radius 3 is 2.39 bits per heavy atom. The van der Waals surface area contributed by atoms with Crippen molar-refractivity contribution in [2.75, 3.05) is 45.5 Å². The van der Waals surface area contributed by atoms with Crippen molar-refractivity contribution in [3.8, 4) is 17.2 Å². The summed E-state index contributed by atoms with van der Waals surface area (Å²) in [4.78, 5) is 15.6. The van der Waals surface area contributed by atoms with Crippen LogP contribution in [0.1, 0.15) is 54.5 Å². The smallest absolute Gasteiger partial charge is 0.238 e. The summed E-state index contributed by atoms with van der Waals surface area (Å²) in [5.41, 5.74) is 4.45. The SMILES string of the molecule is CCc1cc(Cl)cc(CC)c1NC(=O)CN1C[C@H](c2cc3c(cc2F)OCO3)C[C@@H]1c1ccc(OCCOC)cc1. The molecule has 1 fully saturated rings. The number of nitrogens with one attached hydrogen (secondary N) is 1. The molecule has 3 aromatic rings. The van der Waals surface area contributed by atoms with Crippen molar-refractivity contribution < 1.29 is 28.1 Å². The van der Waals surface area contributed by atoms with E-state index in [1.807, 2.05) is 50.2 Å². The molecule has 5 rings (SSSR count). The number of fused-ring (bicyclic) bond motifs is 1. The summed E-state index contributed by atoms with van der Waals surface area (Å²) in [5.74, 6) is 1.14. The maximum Gasteiger partial charge on any atom is 0.238 e. The van der Waals surface area contributed by atoms with Crippen molar-refractivity contribution in [2.24, 2.45) is 0 Å². The number of halogens is 2. The molecule has 0 saturated carbocycles. The molecule has 0 radical (unpaired) electrons. The van der Waals surface area contributed by atoms with Gasteiger partial charge in [0.2, 0.25) is 12.7 Å². The van der Waals surface area contributed by atoms with Crippen LogP contribution in [0.2, 0.25) is 5.02 Å². The second-order valence-corrected chi connectivity index (χ2v) is 10.8. The molecular formula is C32H36ClFN2O5. The number of anilines is 1. The lowest BCUT2D eigenvalue weighted by atomic mass is 9.93. The highest BCUT2D eigenvalue weighted by molar-refractivity contribution is 6.30. The lowest BCUT2D eigenvalue weighted by Gasteiger charge is -2.25. The van der Waals surface area contributed by atoms with E-state index in [0.29, 0.717) is 48.3 Å². The lowest BCUT2D eigenvalue weighted by Crippen LogP contribution is -2.33. The Morgan fingerprint density at radius 2 is 1.73 bits per heavy atom. The molecule has 2 heterocycles. The van der Waals surface area contributed by atoms with Crippen LogP contribution in [-0.2, 0) is 22.4 Å². The van der Waals surface area contributed by atoms with E-state index in [2.05, 4.69) is 10.2 Å². The lowest BCUT2D eigenvalue weighted by molar-refractivity contribution is -0.117. The Kier molecular flexibility index (Phi) is 9.32. The highest BCUT2D eigenvalue weighted by Gasteiger charge is 2.37. The van der Waals surface area contributed by atoms with Gasteiger partial charge in [-0.25, -0.2) is 4.39 Å². The Morgan fingerprint density at radius 1 is 1.05 bits per heavy atom. The van der Waals surface area contributed by atoms with Crippen LogP contribution < -0.4 is 19.5 Å². The number of ether oxygens (including phenoxy) is 4. The largest absolute Gasteiger partial charge is 0.491 e. The molecule has 41 heavy (non-hydrogen) atoms. The van der Waals surface area contributed by atoms with Crippen LogP contribution in [0, 0.1) is 5.82 Å². The van der Waals surface area contributed by atoms with Gasteiger partial charge in [0.05, 0.1) is 13.2 Å². The Hall–Kier alpha value is -3.33. The van der Waals surface area contributed by atoms with E-state index in [-0.39, 0.29) is 37.0 Å². The van der Waals surface area contributed by atoms with E-state index in [9.17, 15) is 4.79 Å². The number of methoxy groups -OCH3 is 1. The van der Waals surface area contributed by atoms with Crippen molar-refractivity contribution in [1.82, 2.24) is 4.90 Å². The van der Waals surface area contributed by atoms with Gasteiger partial charge in [-0.15, -0.1) is 0 Å². The number of aryl methyl sites for hydroxylation is 2. The van der Waals surface area contributed by atoms with Gasteiger partial charge in [-0.05, 0) is 71.8 Å².